The van der Waals surface area contributed by atoms with E-state index >= 15 is 0 Å². The molecule has 5 N–H and O–H groups in total. The number of nitrogen functional groups attached to an aromatic ring is 1. The van der Waals surface area contributed by atoms with Gasteiger partial charge in [0.15, 0.2) is 17.6 Å². The number of aromatic hydroxyl groups is 1. The molecule has 40 heavy (non-hydrogen) atoms. The summed E-state index contributed by atoms with van der Waals surface area (Å²) in [4.78, 5) is 26.3. The van der Waals surface area contributed by atoms with Gasteiger partial charge in [-0.15, -0.1) is 11.8 Å². The molecule has 0 aromatic heterocycles. The third kappa shape index (κ3) is 8.96. The largest absolute Gasteiger partial charge is 0.504 e. The van der Waals surface area contributed by atoms with E-state index in [-0.39, 0.29) is 11.7 Å². The van der Waals surface area contributed by atoms with Gasteiger partial charge in [0.25, 0.3) is 0 Å². The Morgan fingerprint density at radius 3 is 2.48 bits per heavy atom. The van der Waals surface area contributed by atoms with E-state index in [1.807, 2.05) is 25.3 Å². The number of rotatable bonds is 13. The molecule has 0 aliphatic rings. The van der Waals surface area contributed by atoms with E-state index in [2.05, 4.69) is 10.6 Å². The molecule has 212 valence electrons. The summed E-state index contributed by atoms with van der Waals surface area (Å²) in [5.41, 5.74) is 8.01. The number of ether oxygens (including phenoxy) is 3. The van der Waals surface area contributed by atoms with Gasteiger partial charge in [0.05, 0.1) is 24.6 Å². The van der Waals surface area contributed by atoms with Crippen LogP contribution in [-0.4, -0.2) is 43.2 Å². The molecule has 0 saturated carbocycles. The Morgan fingerprint density at radius 1 is 1.07 bits per heavy atom. The zero-order valence-corrected chi connectivity index (χ0v) is 23.6. The summed E-state index contributed by atoms with van der Waals surface area (Å²) in [5.74, 6) is -0.110. The molecule has 0 spiro atoms. The molecular weight excluding hydrogens is 530 g/mol. The maximum Gasteiger partial charge on any atom is 0.412 e. The van der Waals surface area contributed by atoms with Crippen LogP contribution in [0.3, 0.4) is 0 Å². The molecule has 10 heteroatoms. The van der Waals surface area contributed by atoms with Gasteiger partial charge in [-0.1, -0.05) is 24.3 Å². The maximum absolute atomic E-state index is 12.9. The number of phenolic OH excluding ortho intramolecular Hbond substituents is 1. The number of anilines is 3. The van der Waals surface area contributed by atoms with Gasteiger partial charge in [-0.05, 0) is 86.2 Å². The van der Waals surface area contributed by atoms with Gasteiger partial charge in [-0.3, -0.25) is 10.1 Å². The van der Waals surface area contributed by atoms with Crippen LogP contribution in [0.15, 0.2) is 83.8 Å². The van der Waals surface area contributed by atoms with Crippen molar-refractivity contribution in [3.05, 3.63) is 84.4 Å². The van der Waals surface area contributed by atoms with Crippen LogP contribution in [0.2, 0.25) is 0 Å². The quantitative estimate of drug-likeness (QED) is 0.107. The summed E-state index contributed by atoms with van der Waals surface area (Å²) < 4.78 is 17.0. The summed E-state index contributed by atoms with van der Waals surface area (Å²) in [6.45, 7) is 2.21. The fourth-order valence-corrected chi connectivity index (χ4v) is 4.36. The Hall–Kier alpha value is -4.15. The van der Waals surface area contributed by atoms with Crippen LogP contribution in [0, 0.1) is 0 Å². The average molecular weight is 566 g/mol. The summed E-state index contributed by atoms with van der Waals surface area (Å²) in [6, 6.07) is 19.2. The molecule has 0 saturated heterocycles. The van der Waals surface area contributed by atoms with Crippen molar-refractivity contribution in [2.45, 2.75) is 36.9 Å². The number of hydrogen-bond acceptors (Lipinski definition) is 8. The Kier molecular flexibility index (Phi) is 11.7. The van der Waals surface area contributed by atoms with Crippen LogP contribution in [0.4, 0.5) is 21.9 Å². The molecule has 0 fully saturated rings. The van der Waals surface area contributed by atoms with E-state index in [0.717, 1.165) is 4.90 Å². The second-order valence-corrected chi connectivity index (χ2v) is 9.54. The lowest BCUT2D eigenvalue weighted by atomic mass is 9.99. The minimum Gasteiger partial charge on any atom is -0.504 e. The van der Waals surface area contributed by atoms with Crippen molar-refractivity contribution >= 4 is 40.8 Å². The number of nitrogens with one attached hydrogen (secondary N) is 2. The van der Waals surface area contributed by atoms with Crippen molar-refractivity contribution in [1.82, 2.24) is 0 Å². The first-order chi connectivity index (χ1) is 19.3. The summed E-state index contributed by atoms with van der Waals surface area (Å²) >= 11 is 1.60. The highest BCUT2D eigenvalue weighted by atomic mass is 32.2. The van der Waals surface area contributed by atoms with Gasteiger partial charge in [0.1, 0.15) is 0 Å². The first-order valence-electron chi connectivity index (χ1n) is 12.8. The van der Waals surface area contributed by atoms with Crippen molar-refractivity contribution in [2.24, 2.45) is 0 Å². The number of hydrogen-bond donors (Lipinski definition) is 4. The van der Waals surface area contributed by atoms with Gasteiger partial charge < -0.3 is 30.4 Å². The van der Waals surface area contributed by atoms with E-state index in [1.165, 1.54) is 19.3 Å². The highest BCUT2D eigenvalue weighted by Crippen LogP contribution is 2.34. The predicted molar refractivity (Wildman–Crippen MR) is 159 cm³/mol. The van der Waals surface area contributed by atoms with Gasteiger partial charge in [-0.2, -0.15) is 0 Å². The predicted octanol–water partition coefficient (Wildman–Crippen LogP) is 6.37. The molecule has 0 aliphatic heterocycles. The third-order valence-electron chi connectivity index (χ3n) is 5.93. The molecule has 3 aromatic carbocycles. The van der Waals surface area contributed by atoms with Crippen molar-refractivity contribution in [2.75, 3.05) is 36.3 Å². The second kappa shape index (κ2) is 15.4. The van der Waals surface area contributed by atoms with E-state index in [0.29, 0.717) is 47.8 Å². The molecule has 3 aromatic rings. The first-order valence-corrected chi connectivity index (χ1v) is 14.0. The molecule has 2 amide bonds. The number of phenols is 1. The fraction of sp³-hybridized carbons (Fsp3) is 0.267. The van der Waals surface area contributed by atoms with Gasteiger partial charge in [0.2, 0.25) is 5.91 Å². The zero-order chi connectivity index (χ0) is 28.9. The van der Waals surface area contributed by atoms with E-state index < -0.39 is 18.3 Å². The smallest absolute Gasteiger partial charge is 0.412 e. The number of allylic oxidation sites excluding steroid dienone is 1. The monoisotopic (exact) mass is 565 g/mol. The molecule has 0 radical (unpaired) electrons. The van der Waals surface area contributed by atoms with Crippen LogP contribution < -0.4 is 21.1 Å². The molecule has 0 unspecified atom stereocenters. The summed E-state index contributed by atoms with van der Waals surface area (Å²) in [7, 11) is 1.45. The number of carbonyl (C=O) groups excluding carboxylic acids is 2. The number of nitrogens with two attached hydrogens (primary N) is 1. The van der Waals surface area contributed by atoms with Gasteiger partial charge >= 0.3 is 6.09 Å². The molecule has 9 nitrogen and oxygen atoms in total. The number of para-hydroxylation sites is 2. The molecule has 0 heterocycles. The van der Waals surface area contributed by atoms with Gasteiger partial charge in [0, 0.05) is 17.2 Å². The number of carbonyl (C=O) groups is 2. The summed E-state index contributed by atoms with van der Waals surface area (Å²) in [6.07, 6.45) is 3.91. The van der Waals surface area contributed by atoms with Crippen LogP contribution in [-0.2, 0) is 14.3 Å². The van der Waals surface area contributed by atoms with Crippen molar-refractivity contribution in [1.29, 1.82) is 0 Å². The minimum absolute atomic E-state index is 0.0892. The zero-order valence-electron chi connectivity index (χ0n) is 22.8. The normalized spacial score (nSPS) is 12.5. The number of amides is 2. The minimum atomic E-state index is -0.853. The van der Waals surface area contributed by atoms with Gasteiger partial charge in [-0.25, -0.2) is 4.79 Å². The Balaban J connectivity index is 1.74. The van der Waals surface area contributed by atoms with Crippen LogP contribution in [0.1, 0.15) is 31.4 Å². The lowest BCUT2D eigenvalue weighted by molar-refractivity contribution is -0.111. The molecular formula is C30H35N3O6S. The Morgan fingerprint density at radius 2 is 1.82 bits per heavy atom. The second-order valence-electron chi connectivity index (χ2n) is 8.66. The van der Waals surface area contributed by atoms with Crippen molar-refractivity contribution in [3.8, 4) is 11.5 Å². The third-order valence-corrected chi connectivity index (χ3v) is 6.67. The Labute approximate surface area is 238 Å². The highest BCUT2D eigenvalue weighted by molar-refractivity contribution is 7.98. The lowest BCUT2D eigenvalue weighted by Gasteiger charge is -2.27. The van der Waals surface area contributed by atoms with Crippen molar-refractivity contribution < 1.29 is 28.9 Å². The van der Waals surface area contributed by atoms with Crippen LogP contribution in [0.25, 0.3) is 0 Å². The average Bonchev–Trinajstić information content (AvgIpc) is 2.95. The van der Waals surface area contributed by atoms with Crippen LogP contribution in [0.5, 0.6) is 11.5 Å². The fourth-order valence-electron chi connectivity index (χ4n) is 3.95. The topological polar surface area (TPSA) is 132 Å². The summed E-state index contributed by atoms with van der Waals surface area (Å²) in [5, 5.41) is 15.9. The van der Waals surface area contributed by atoms with E-state index in [1.54, 1.807) is 66.4 Å². The molecule has 2 atom stereocenters. The number of thioether (sulfide) groups is 1. The van der Waals surface area contributed by atoms with Crippen molar-refractivity contribution in [3.63, 3.8) is 0 Å². The number of benzene rings is 3. The molecule has 0 aliphatic carbocycles. The SMILES string of the molecule is CCO[C@@H](CC/C=C/C(=O)Nc1ccccc1N)[C@@H](OC(=O)Nc1ccc(SC)cc1)c1ccc(OC)c(O)c1. The van der Waals surface area contributed by atoms with E-state index in [4.69, 9.17) is 19.9 Å². The first kappa shape index (κ1) is 30.4. The molecule has 3 rings (SSSR count). The highest BCUT2D eigenvalue weighted by Gasteiger charge is 2.28. The maximum atomic E-state index is 12.9. The van der Waals surface area contributed by atoms with E-state index in [9.17, 15) is 14.7 Å². The molecule has 0 bridgehead atoms. The van der Waals surface area contributed by atoms with Crippen LogP contribution >= 0.6 is 11.8 Å². The standard InChI is InChI=1S/C30H35N3O6S/c1-4-38-27(11-7-8-12-28(35)33-24-10-6-5-9-23(24)31)29(20-13-18-26(37-2)25(34)19-20)39-30(36)32-21-14-16-22(40-3)17-15-21/h5-6,8-10,12-19,27,29,34H,4,7,11,31H2,1-3H3,(H,32,36)(H,33,35)/b12-8+/t27-,29-/m0/s1. The number of methoxy groups -OCH3 is 1. The Bertz CT molecular complexity index is 1300. The lowest BCUT2D eigenvalue weighted by Crippen LogP contribution is -2.29.